The molecule has 19 heteroatoms. The molecule has 4 aromatic rings. The van der Waals surface area contributed by atoms with Gasteiger partial charge >= 0.3 is 6.09 Å². The molecule has 3 heterocycles. The molecule has 19 nitrogen and oxygen atoms in total. The number of anilines is 2. The molecule has 2 saturated heterocycles. The molecule has 3 aromatic carbocycles. The molecule has 1 aromatic heterocycles. The lowest BCUT2D eigenvalue weighted by molar-refractivity contribution is -0.0209. The maximum atomic E-state index is 13.7. The normalized spacial score (nSPS) is 14.6. The zero-order valence-corrected chi connectivity index (χ0v) is 46.0. The molecule has 2 fully saturated rings. The molecule has 0 spiro atoms. The topological polar surface area (TPSA) is 206 Å². The van der Waals surface area contributed by atoms with Crippen molar-refractivity contribution in [1.29, 1.82) is 0 Å². The number of carbonyl (C=O) groups excluding carboxylic acids is 4. The molecule has 0 radical (unpaired) electrons. The highest BCUT2D eigenvalue weighted by Gasteiger charge is 2.23. The van der Waals surface area contributed by atoms with Crippen molar-refractivity contribution in [2.45, 2.75) is 51.4 Å². The fourth-order valence-electron chi connectivity index (χ4n) is 9.21. The molecule has 0 saturated carbocycles. The van der Waals surface area contributed by atoms with Gasteiger partial charge in [0.25, 0.3) is 11.8 Å². The van der Waals surface area contributed by atoms with Crippen LogP contribution in [0.5, 0.6) is 0 Å². The van der Waals surface area contributed by atoms with Gasteiger partial charge in [0.05, 0.1) is 97.3 Å². The van der Waals surface area contributed by atoms with Crippen LogP contribution in [0.4, 0.5) is 16.2 Å². The van der Waals surface area contributed by atoms with Gasteiger partial charge in [0, 0.05) is 94.1 Å². The van der Waals surface area contributed by atoms with E-state index in [2.05, 4.69) is 44.4 Å². The van der Waals surface area contributed by atoms with Crippen molar-refractivity contribution in [1.82, 2.24) is 19.7 Å². The summed E-state index contributed by atoms with van der Waals surface area (Å²) in [5.74, 6) is -1.18. The summed E-state index contributed by atoms with van der Waals surface area (Å²) in [5, 5.41) is 3.02. The first kappa shape index (κ1) is 61.2. The number of ether oxygens (including phenoxy) is 8. The number of primary amides is 1. The zero-order valence-electron chi connectivity index (χ0n) is 46.0. The summed E-state index contributed by atoms with van der Waals surface area (Å²) in [6.07, 6.45) is 10.7. The SMILES string of the molecule is COCCOCCOCCOCCOCCOCCOCCOC(=O)N1CCCN(CCN(C)C(=O)c2cccc(C(=O)Nc3ccc(N4CCCCC4)cc3-c3cc(C(N)=O)ccn3)c2)CC1.c1ccc2c(c1)CCCC2. The van der Waals surface area contributed by atoms with Crippen molar-refractivity contribution in [3.8, 4) is 11.3 Å². The number of likely N-dealkylation sites (N-methyl/N-ethyl adjacent to an activating group) is 1. The maximum absolute atomic E-state index is 13.7. The van der Waals surface area contributed by atoms with E-state index in [0.717, 1.165) is 44.6 Å². The van der Waals surface area contributed by atoms with Crippen molar-refractivity contribution in [3.63, 3.8) is 0 Å². The first-order chi connectivity index (χ1) is 38.2. The molecule has 7 rings (SSSR count). The molecule has 0 bridgehead atoms. The molecule has 0 unspecified atom stereocenters. The Bertz CT molecular complexity index is 2400. The molecule has 78 heavy (non-hydrogen) atoms. The van der Waals surface area contributed by atoms with Crippen LogP contribution in [0.2, 0.25) is 0 Å². The van der Waals surface area contributed by atoms with E-state index in [1.54, 1.807) is 71.5 Å². The Hall–Kier alpha value is -6.03. The van der Waals surface area contributed by atoms with Crippen LogP contribution in [0, 0.1) is 0 Å². The van der Waals surface area contributed by atoms with Gasteiger partial charge < -0.3 is 63.6 Å². The number of methoxy groups -OCH3 is 1. The first-order valence-corrected chi connectivity index (χ1v) is 27.7. The summed E-state index contributed by atoms with van der Waals surface area (Å²) in [7, 11) is 3.38. The van der Waals surface area contributed by atoms with Crippen LogP contribution in [-0.2, 0) is 50.7 Å². The largest absolute Gasteiger partial charge is 0.447 e. The minimum Gasteiger partial charge on any atom is -0.447 e. The molecule has 426 valence electrons. The minimum absolute atomic E-state index is 0.141. The number of aryl methyl sites for hydroxylation is 2. The van der Waals surface area contributed by atoms with Gasteiger partial charge in [-0.3, -0.25) is 24.3 Å². The van der Waals surface area contributed by atoms with Crippen molar-refractivity contribution in [2.24, 2.45) is 5.73 Å². The van der Waals surface area contributed by atoms with E-state index in [4.69, 9.17) is 43.6 Å². The van der Waals surface area contributed by atoms with Crippen LogP contribution in [0.25, 0.3) is 11.3 Å². The number of rotatable bonds is 30. The third kappa shape index (κ3) is 21.7. The minimum atomic E-state index is -0.571. The second-order valence-corrected chi connectivity index (χ2v) is 19.3. The average Bonchev–Trinajstić information content (AvgIpc) is 3.73. The Balaban J connectivity index is 0.000000873. The third-order valence-corrected chi connectivity index (χ3v) is 13.6. The number of nitrogens with zero attached hydrogens (tertiary/aromatic N) is 5. The molecular weight excluding hydrogens is 999 g/mol. The van der Waals surface area contributed by atoms with E-state index < -0.39 is 11.8 Å². The average molecular weight is 1080 g/mol. The molecule has 4 amide bonds. The lowest BCUT2D eigenvalue weighted by Crippen LogP contribution is -2.39. The van der Waals surface area contributed by atoms with Gasteiger partial charge in [-0.25, -0.2) is 4.79 Å². The van der Waals surface area contributed by atoms with Crippen LogP contribution in [-0.4, -0.2) is 203 Å². The van der Waals surface area contributed by atoms with Crippen molar-refractivity contribution >= 4 is 35.2 Å². The molecular formula is C59H83N7O12. The Morgan fingerprint density at radius 1 is 0.590 bits per heavy atom. The fourth-order valence-corrected chi connectivity index (χ4v) is 9.21. The Labute approximate surface area is 460 Å². The van der Waals surface area contributed by atoms with Gasteiger partial charge in [0.1, 0.15) is 6.61 Å². The number of hydrogen-bond acceptors (Lipinski definition) is 15. The number of carbonyl (C=O) groups is 4. The standard InChI is InChI=1S/C49H71N7O12.C10H12/c1-53(18-19-54-14-7-17-56(21-20-54)49(60)68-35-34-67-33-32-66-31-30-65-29-28-64-27-26-63-25-24-62-23-22-61-2)48(59)41-9-6-8-40(36-41)47(58)52-44-11-10-42(55-15-4-3-5-16-55)38-43(44)45-37-39(46(50)57)12-13-51-45;1-2-6-10-8-4-3-7-9(10)5-1/h6,8-13,36-38H,3-5,7,14-35H2,1-2H3,(H2,50,57)(H,52,58);1-2,5-6H,3-4,7-8H2. The second-order valence-electron chi connectivity index (χ2n) is 19.3. The van der Waals surface area contributed by atoms with Crippen molar-refractivity contribution < 1.29 is 57.1 Å². The van der Waals surface area contributed by atoms with Crippen molar-refractivity contribution in [2.75, 3.05) is 169 Å². The highest BCUT2D eigenvalue weighted by atomic mass is 16.6. The number of pyridine rings is 1. The second kappa shape index (κ2) is 35.5. The van der Waals surface area contributed by atoms with Crippen LogP contribution >= 0.6 is 0 Å². The van der Waals surface area contributed by atoms with Gasteiger partial charge in [0.15, 0.2) is 0 Å². The lowest BCUT2D eigenvalue weighted by Gasteiger charge is -2.29. The molecule has 3 N–H and O–H groups in total. The van der Waals surface area contributed by atoms with E-state index in [1.807, 2.05) is 18.2 Å². The number of piperidine rings is 1. The number of fused-ring (bicyclic) bond motifs is 1. The molecule has 3 aliphatic rings. The maximum Gasteiger partial charge on any atom is 0.409 e. The molecule has 0 atom stereocenters. The van der Waals surface area contributed by atoms with Gasteiger partial charge in [-0.2, -0.15) is 0 Å². The van der Waals surface area contributed by atoms with Crippen LogP contribution < -0.4 is 16.0 Å². The van der Waals surface area contributed by atoms with Gasteiger partial charge in [-0.05, 0) is 118 Å². The summed E-state index contributed by atoms with van der Waals surface area (Å²) in [6, 6.07) is 24.4. The summed E-state index contributed by atoms with van der Waals surface area (Å²) in [6.45, 7) is 11.6. The van der Waals surface area contributed by atoms with E-state index in [0.29, 0.717) is 146 Å². The number of benzene rings is 3. The predicted octanol–water partition coefficient (Wildman–Crippen LogP) is 6.62. The van der Waals surface area contributed by atoms with E-state index in [1.165, 1.54) is 38.3 Å². The van der Waals surface area contributed by atoms with Crippen LogP contribution in [0.3, 0.4) is 0 Å². The highest BCUT2D eigenvalue weighted by Crippen LogP contribution is 2.33. The number of hydrogen-bond donors (Lipinski definition) is 2. The summed E-state index contributed by atoms with van der Waals surface area (Å²) in [4.78, 5) is 64.6. The van der Waals surface area contributed by atoms with E-state index in [-0.39, 0.29) is 25.2 Å². The zero-order chi connectivity index (χ0) is 55.0. The molecule has 1 aliphatic carbocycles. The Morgan fingerprint density at radius 3 is 1.81 bits per heavy atom. The Kier molecular flexibility index (Phi) is 27.8. The Morgan fingerprint density at radius 2 is 1.19 bits per heavy atom. The van der Waals surface area contributed by atoms with Crippen LogP contribution in [0.15, 0.2) is 85.1 Å². The summed E-state index contributed by atoms with van der Waals surface area (Å²) >= 11 is 0. The summed E-state index contributed by atoms with van der Waals surface area (Å²) in [5.41, 5.74) is 12.4. The number of amides is 4. The van der Waals surface area contributed by atoms with E-state index in [9.17, 15) is 19.2 Å². The quantitative estimate of drug-likeness (QED) is 0.0527. The fraction of sp³-hybridized carbons (Fsp3) is 0.542. The number of nitrogens with one attached hydrogen (secondary N) is 1. The monoisotopic (exact) mass is 1080 g/mol. The third-order valence-electron chi connectivity index (χ3n) is 13.6. The predicted molar refractivity (Wildman–Crippen MR) is 299 cm³/mol. The first-order valence-electron chi connectivity index (χ1n) is 27.7. The van der Waals surface area contributed by atoms with E-state index >= 15 is 0 Å². The smallest absolute Gasteiger partial charge is 0.409 e. The van der Waals surface area contributed by atoms with Crippen LogP contribution in [0.1, 0.15) is 80.7 Å². The number of nitrogens with two attached hydrogens (primary N) is 1. The van der Waals surface area contributed by atoms with Gasteiger partial charge in [0.2, 0.25) is 5.91 Å². The van der Waals surface area contributed by atoms with Crippen molar-refractivity contribution in [3.05, 3.63) is 113 Å². The summed E-state index contributed by atoms with van der Waals surface area (Å²) < 4.78 is 43.2. The highest BCUT2D eigenvalue weighted by molar-refractivity contribution is 6.08. The van der Waals surface area contributed by atoms with Gasteiger partial charge in [-0.15, -0.1) is 0 Å². The lowest BCUT2D eigenvalue weighted by atomic mass is 9.92. The van der Waals surface area contributed by atoms with Gasteiger partial charge in [-0.1, -0.05) is 30.3 Å². The number of aromatic nitrogens is 1. The molecule has 2 aliphatic heterocycles.